The maximum absolute atomic E-state index is 12.4. The third-order valence-corrected chi connectivity index (χ3v) is 2.97. The standard InChI is InChI=1S/C9H5BBrF3NO2/c11-6-3-1-2-5-7(6)15(4-10(12,13)14)9(17)8(5)16/h1-3H,4H2/q-1. The summed E-state index contributed by atoms with van der Waals surface area (Å²) < 4.78 is 37.4. The molecule has 0 spiro atoms. The van der Waals surface area contributed by atoms with Gasteiger partial charge in [0.15, 0.2) is 0 Å². The zero-order valence-corrected chi connectivity index (χ0v) is 9.88. The number of benzene rings is 1. The summed E-state index contributed by atoms with van der Waals surface area (Å²) in [4.78, 5) is 23.4. The number of halogens is 4. The highest BCUT2D eigenvalue weighted by Gasteiger charge is 2.40. The Bertz CT molecular complexity index is 517. The average molecular weight is 307 g/mol. The van der Waals surface area contributed by atoms with Crippen molar-refractivity contribution in [2.75, 3.05) is 11.3 Å². The molecule has 1 amide bonds. The molecule has 8 heteroatoms. The van der Waals surface area contributed by atoms with Crippen LogP contribution in [-0.4, -0.2) is 25.1 Å². The number of hydrogen-bond acceptors (Lipinski definition) is 2. The Kier molecular flexibility index (Phi) is 2.77. The number of amides is 1. The largest absolute Gasteiger partial charge is 0.497 e. The minimum atomic E-state index is -5.18. The molecule has 0 N–H and O–H groups in total. The van der Waals surface area contributed by atoms with Crippen LogP contribution in [0.4, 0.5) is 18.6 Å². The molecule has 1 aliphatic rings. The number of fused-ring (bicyclic) bond motifs is 1. The third kappa shape index (κ3) is 2.09. The van der Waals surface area contributed by atoms with E-state index in [2.05, 4.69) is 15.9 Å². The Morgan fingerprint density at radius 2 is 1.88 bits per heavy atom. The van der Waals surface area contributed by atoms with Gasteiger partial charge in [0.05, 0.1) is 11.3 Å². The van der Waals surface area contributed by atoms with Crippen LogP contribution in [0.1, 0.15) is 10.4 Å². The molecular formula is C9H5BBrF3NO2-. The maximum Gasteiger partial charge on any atom is 0.497 e. The predicted molar refractivity (Wildman–Crippen MR) is 59.9 cm³/mol. The number of rotatable bonds is 2. The molecule has 3 nitrogen and oxygen atoms in total. The van der Waals surface area contributed by atoms with E-state index >= 15 is 0 Å². The molecule has 90 valence electrons. The molecule has 0 radical (unpaired) electrons. The molecule has 0 aromatic heterocycles. The van der Waals surface area contributed by atoms with Gasteiger partial charge in [0.1, 0.15) is 0 Å². The molecule has 0 saturated heterocycles. The van der Waals surface area contributed by atoms with Gasteiger partial charge in [-0.15, -0.1) is 0 Å². The normalized spacial score (nSPS) is 15.4. The summed E-state index contributed by atoms with van der Waals surface area (Å²) in [6.45, 7) is -5.18. The van der Waals surface area contributed by atoms with Gasteiger partial charge in [0.25, 0.3) is 11.7 Å². The quantitative estimate of drug-likeness (QED) is 0.621. The van der Waals surface area contributed by atoms with Gasteiger partial charge in [-0.3, -0.25) is 9.59 Å². The molecule has 2 rings (SSSR count). The van der Waals surface area contributed by atoms with Crippen molar-refractivity contribution in [1.82, 2.24) is 0 Å². The summed E-state index contributed by atoms with van der Waals surface area (Å²) >= 11 is 3.04. The Hall–Kier alpha value is -1.31. The molecule has 1 aromatic rings. The Labute approximate surface area is 103 Å². The number of ketones is 1. The van der Waals surface area contributed by atoms with Crippen LogP contribution >= 0.6 is 15.9 Å². The van der Waals surface area contributed by atoms with Gasteiger partial charge in [-0.25, -0.2) is 0 Å². The highest BCUT2D eigenvalue weighted by atomic mass is 79.9. The van der Waals surface area contributed by atoms with Crippen LogP contribution in [0.2, 0.25) is 0 Å². The third-order valence-electron chi connectivity index (χ3n) is 2.33. The van der Waals surface area contributed by atoms with Crippen molar-refractivity contribution in [1.29, 1.82) is 0 Å². The van der Waals surface area contributed by atoms with Crippen molar-refractivity contribution in [3.8, 4) is 0 Å². The lowest BCUT2D eigenvalue weighted by Crippen LogP contribution is -2.41. The summed E-state index contributed by atoms with van der Waals surface area (Å²) in [7, 11) is 0. The average Bonchev–Trinajstić information content (AvgIpc) is 2.43. The number of carbonyl (C=O) groups is 2. The van der Waals surface area contributed by atoms with Crippen LogP contribution in [0.5, 0.6) is 0 Å². The molecule has 1 heterocycles. The fourth-order valence-corrected chi connectivity index (χ4v) is 2.27. The van der Waals surface area contributed by atoms with E-state index in [-0.39, 0.29) is 11.3 Å². The van der Waals surface area contributed by atoms with E-state index in [1.165, 1.54) is 18.2 Å². The molecule has 0 unspecified atom stereocenters. The number of carbonyl (C=O) groups excluding carboxylic acids is 2. The summed E-state index contributed by atoms with van der Waals surface area (Å²) in [6.07, 6.45) is -1.40. The minimum absolute atomic E-state index is 0.00157. The van der Waals surface area contributed by atoms with Crippen molar-refractivity contribution in [2.24, 2.45) is 0 Å². The molecule has 0 atom stereocenters. The van der Waals surface area contributed by atoms with Crippen LogP contribution < -0.4 is 4.90 Å². The first-order valence-electron chi connectivity index (χ1n) is 4.67. The topological polar surface area (TPSA) is 37.4 Å². The number of anilines is 1. The predicted octanol–water partition coefficient (Wildman–Crippen LogP) is 2.37. The first-order chi connectivity index (χ1) is 7.81. The van der Waals surface area contributed by atoms with Crippen molar-refractivity contribution < 1.29 is 22.5 Å². The Morgan fingerprint density at radius 3 is 2.47 bits per heavy atom. The summed E-state index contributed by atoms with van der Waals surface area (Å²) in [5.74, 6) is -2.03. The lowest BCUT2D eigenvalue weighted by Gasteiger charge is -2.24. The number of hydrogen-bond donors (Lipinski definition) is 0. The zero-order chi connectivity index (χ0) is 12.8. The summed E-state index contributed by atoms with van der Waals surface area (Å²) in [5, 5.41) is 0. The SMILES string of the molecule is O=C1C(=O)N(C[B-](F)(F)F)c2c(Br)cccc21. The van der Waals surface area contributed by atoms with Crippen molar-refractivity contribution in [3.63, 3.8) is 0 Å². The van der Waals surface area contributed by atoms with Crippen LogP contribution in [0.25, 0.3) is 0 Å². The van der Waals surface area contributed by atoms with E-state index in [4.69, 9.17) is 0 Å². The van der Waals surface area contributed by atoms with Crippen LogP contribution in [-0.2, 0) is 4.79 Å². The zero-order valence-electron chi connectivity index (χ0n) is 8.29. The smallest absolute Gasteiger partial charge is 0.448 e. The first-order valence-corrected chi connectivity index (χ1v) is 5.46. The monoisotopic (exact) mass is 306 g/mol. The molecule has 1 aliphatic heterocycles. The van der Waals surface area contributed by atoms with Crippen molar-refractivity contribution in [3.05, 3.63) is 28.2 Å². The first kappa shape index (κ1) is 12.2. The van der Waals surface area contributed by atoms with Crippen molar-refractivity contribution in [2.45, 2.75) is 0 Å². The minimum Gasteiger partial charge on any atom is -0.448 e. The van der Waals surface area contributed by atoms with Crippen LogP contribution in [0.3, 0.4) is 0 Å². The molecule has 17 heavy (non-hydrogen) atoms. The fourth-order valence-electron chi connectivity index (χ4n) is 1.69. The second-order valence-corrected chi connectivity index (χ2v) is 4.45. The van der Waals surface area contributed by atoms with Gasteiger partial charge in [-0.05, 0) is 34.5 Å². The Balaban J connectivity index is 2.51. The van der Waals surface area contributed by atoms with Gasteiger partial charge in [-0.2, -0.15) is 0 Å². The lowest BCUT2D eigenvalue weighted by molar-refractivity contribution is -0.114. The van der Waals surface area contributed by atoms with E-state index in [9.17, 15) is 22.5 Å². The molecular weight excluding hydrogens is 302 g/mol. The van der Waals surface area contributed by atoms with E-state index in [0.29, 0.717) is 9.37 Å². The van der Waals surface area contributed by atoms with Gasteiger partial charge in [-0.1, -0.05) is 6.07 Å². The lowest BCUT2D eigenvalue weighted by atomic mass is 9.91. The summed E-state index contributed by atoms with van der Waals surface area (Å²) in [5.41, 5.74) is 0.00567. The second kappa shape index (κ2) is 3.87. The molecule has 1 aromatic carbocycles. The highest BCUT2D eigenvalue weighted by molar-refractivity contribution is 9.10. The second-order valence-electron chi connectivity index (χ2n) is 3.59. The molecule has 0 saturated carbocycles. The van der Waals surface area contributed by atoms with E-state index < -0.39 is 25.1 Å². The highest BCUT2D eigenvalue weighted by Crippen LogP contribution is 2.36. The van der Waals surface area contributed by atoms with Crippen LogP contribution in [0, 0.1) is 0 Å². The maximum atomic E-state index is 12.4. The van der Waals surface area contributed by atoms with Gasteiger partial charge >= 0.3 is 6.98 Å². The molecule has 0 fully saturated rings. The van der Waals surface area contributed by atoms with Crippen LogP contribution in [0.15, 0.2) is 22.7 Å². The summed E-state index contributed by atoms with van der Waals surface area (Å²) in [6, 6.07) is 4.32. The molecule has 0 aliphatic carbocycles. The van der Waals surface area contributed by atoms with Crippen molar-refractivity contribution >= 4 is 40.3 Å². The van der Waals surface area contributed by atoms with Gasteiger partial charge < -0.3 is 17.8 Å². The van der Waals surface area contributed by atoms with E-state index in [0.717, 1.165) is 0 Å². The molecule has 0 bridgehead atoms. The van der Waals surface area contributed by atoms with E-state index in [1.54, 1.807) is 0 Å². The van der Waals surface area contributed by atoms with E-state index in [1.807, 2.05) is 0 Å². The Morgan fingerprint density at radius 1 is 1.24 bits per heavy atom. The number of nitrogens with zero attached hydrogens (tertiary/aromatic N) is 1. The number of Topliss-reactive ketones (excluding diaryl/α,β-unsaturated/α-hetero) is 1. The van der Waals surface area contributed by atoms with Gasteiger partial charge in [0, 0.05) is 4.47 Å². The van der Waals surface area contributed by atoms with Gasteiger partial charge in [0.2, 0.25) is 0 Å². The number of para-hydroxylation sites is 1. The fraction of sp³-hybridized carbons (Fsp3) is 0.111.